The van der Waals surface area contributed by atoms with Crippen LogP contribution in [0.3, 0.4) is 0 Å². The zero-order valence-corrected chi connectivity index (χ0v) is 6.10. The molecule has 56 valence electrons. The van der Waals surface area contributed by atoms with Gasteiger partial charge in [0.25, 0.3) is 0 Å². The van der Waals surface area contributed by atoms with Gasteiger partial charge >= 0.3 is 0 Å². The van der Waals surface area contributed by atoms with Crippen LogP contribution in [0.5, 0.6) is 0 Å². The summed E-state index contributed by atoms with van der Waals surface area (Å²) in [7, 11) is 0. The molecule has 0 aromatic heterocycles. The number of rotatable bonds is 3. The standard InChI is InChI=1S/C8H12FN/c1-3-4-5-8(9)7(2)6-10/h3-5H,1,6,10H2,2H3/b5-4-,8-7-. The molecule has 10 heavy (non-hydrogen) atoms. The first-order chi connectivity index (χ1) is 4.72. The maximum Gasteiger partial charge on any atom is 0.123 e. The second-order valence-corrected chi connectivity index (χ2v) is 1.93. The van der Waals surface area contributed by atoms with E-state index in [0.717, 1.165) is 0 Å². The Kier molecular flexibility index (Phi) is 4.50. The Morgan fingerprint density at radius 3 is 2.70 bits per heavy atom. The molecule has 0 spiro atoms. The molecule has 0 radical (unpaired) electrons. The first-order valence-electron chi connectivity index (χ1n) is 3.06. The Morgan fingerprint density at radius 2 is 2.30 bits per heavy atom. The Bertz CT molecular complexity index is 168. The van der Waals surface area contributed by atoms with Crippen LogP contribution in [0, 0.1) is 0 Å². The van der Waals surface area contributed by atoms with Gasteiger partial charge in [0.2, 0.25) is 0 Å². The molecule has 0 bridgehead atoms. The molecule has 0 aliphatic heterocycles. The van der Waals surface area contributed by atoms with Gasteiger partial charge in [-0.3, -0.25) is 0 Å². The monoisotopic (exact) mass is 141 g/mol. The van der Waals surface area contributed by atoms with Crippen LogP contribution in [0.2, 0.25) is 0 Å². The van der Waals surface area contributed by atoms with Crippen molar-refractivity contribution >= 4 is 0 Å². The summed E-state index contributed by atoms with van der Waals surface area (Å²) >= 11 is 0. The van der Waals surface area contributed by atoms with Gasteiger partial charge in [-0.25, -0.2) is 4.39 Å². The maximum absolute atomic E-state index is 12.6. The third-order valence-corrected chi connectivity index (χ3v) is 1.09. The SMILES string of the molecule is C=C/C=C\C(F)=C(/C)CN. The van der Waals surface area contributed by atoms with Gasteiger partial charge in [0, 0.05) is 6.54 Å². The fourth-order valence-corrected chi connectivity index (χ4v) is 0.392. The highest BCUT2D eigenvalue weighted by Gasteiger charge is 1.92. The average molecular weight is 141 g/mol. The molecule has 1 nitrogen and oxygen atoms in total. The van der Waals surface area contributed by atoms with Crippen LogP contribution in [0.4, 0.5) is 4.39 Å². The first kappa shape index (κ1) is 9.11. The highest BCUT2D eigenvalue weighted by atomic mass is 19.1. The third kappa shape index (κ3) is 3.20. The molecular formula is C8H12FN. The quantitative estimate of drug-likeness (QED) is 0.597. The molecule has 0 aliphatic rings. The minimum absolute atomic E-state index is 0.257. The van der Waals surface area contributed by atoms with Gasteiger partial charge in [0.1, 0.15) is 5.83 Å². The third-order valence-electron chi connectivity index (χ3n) is 1.09. The van der Waals surface area contributed by atoms with E-state index in [4.69, 9.17) is 5.73 Å². The Hall–Kier alpha value is -0.890. The first-order valence-corrected chi connectivity index (χ1v) is 3.06. The van der Waals surface area contributed by atoms with E-state index in [-0.39, 0.29) is 12.4 Å². The maximum atomic E-state index is 12.6. The van der Waals surface area contributed by atoms with Gasteiger partial charge in [-0.05, 0) is 18.6 Å². The molecule has 0 aromatic carbocycles. The second-order valence-electron chi connectivity index (χ2n) is 1.93. The van der Waals surface area contributed by atoms with Crippen LogP contribution >= 0.6 is 0 Å². The predicted octanol–water partition coefficient (Wildman–Crippen LogP) is 1.93. The molecule has 0 aromatic rings. The van der Waals surface area contributed by atoms with Gasteiger partial charge in [0.15, 0.2) is 0 Å². The van der Waals surface area contributed by atoms with Gasteiger partial charge in [-0.15, -0.1) is 0 Å². The van der Waals surface area contributed by atoms with Crippen LogP contribution in [-0.4, -0.2) is 6.54 Å². The highest BCUT2D eigenvalue weighted by Crippen LogP contribution is 2.04. The van der Waals surface area contributed by atoms with Gasteiger partial charge in [0.05, 0.1) is 0 Å². The van der Waals surface area contributed by atoms with E-state index in [1.165, 1.54) is 18.2 Å². The van der Waals surface area contributed by atoms with E-state index in [1.54, 1.807) is 6.92 Å². The van der Waals surface area contributed by atoms with E-state index in [2.05, 4.69) is 6.58 Å². The largest absolute Gasteiger partial charge is 0.327 e. The average Bonchev–Trinajstić information content (AvgIpc) is 1.98. The summed E-state index contributed by atoms with van der Waals surface area (Å²) in [5, 5.41) is 0. The molecule has 0 unspecified atom stereocenters. The van der Waals surface area contributed by atoms with Crippen molar-refractivity contribution in [3.8, 4) is 0 Å². The van der Waals surface area contributed by atoms with E-state index in [0.29, 0.717) is 5.57 Å². The van der Waals surface area contributed by atoms with E-state index >= 15 is 0 Å². The Morgan fingerprint density at radius 1 is 1.70 bits per heavy atom. The van der Waals surface area contributed by atoms with Gasteiger partial charge < -0.3 is 5.73 Å². The van der Waals surface area contributed by atoms with Crippen molar-refractivity contribution in [2.45, 2.75) is 6.92 Å². The van der Waals surface area contributed by atoms with Crippen LogP contribution in [0.1, 0.15) is 6.92 Å². The zero-order valence-electron chi connectivity index (χ0n) is 6.10. The van der Waals surface area contributed by atoms with Crippen LogP contribution in [-0.2, 0) is 0 Å². The lowest BCUT2D eigenvalue weighted by Crippen LogP contribution is -2.00. The van der Waals surface area contributed by atoms with E-state index in [1.807, 2.05) is 0 Å². The summed E-state index contributed by atoms with van der Waals surface area (Å²) in [4.78, 5) is 0. The topological polar surface area (TPSA) is 26.0 Å². The van der Waals surface area contributed by atoms with Crippen molar-refractivity contribution in [1.29, 1.82) is 0 Å². The normalized spacial score (nSPS) is 13.5. The number of allylic oxidation sites excluding steroid dienone is 4. The number of nitrogens with two attached hydrogens (primary N) is 1. The minimum Gasteiger partial charge on any atom is -0.327 e. The summed E-state index contributed by atoms with van der Waals surface area (Å²) in [6.07, 6.45) is 4.40. The fraction of sp³-hybridized carbons (Fsp3) is 0.250. The van der Waals surface area contributed by atoms with Crippen LogP contribution in [0.25, 0.3) is 0 Å². The second kappa shape index (κ2) is 4.94. The lowest BCUT2D eigenvalue weighted by atomic mass is 10.2. The van der Waals surface area contributed by atoms with Crippen molar-refractivity contribution < 1.29 is 4.39 Å². The summed E-state index contributed by atoms with van der Waals surface area (Å²) in [6, 6.07) is 0. The molecule has 0 saturated heterocycles. The number of hydrogen-bond donors (Lipinski definition) is 1. The van der Waals surface area contributed by atoms with Crippen molar-refractivity contribution in [2.24, 2.45) is 5.73 Å². The Balaban J connectivity index is 4.17. The smallest absolute Gasteiger partial charge is 0.123 e. The molecule has 0 fully saturated rings. The lowest BCUT2D eigenvalue weighted by Gasteiger charge is -1.93. The molecule has 0 heterocycles. The van der Waals surface area contributed by atoms with Crippen molar-refractivity contribution in [3.05, 3.63) is 36.2 Å². The highest BCUT2D eigenvalue weighted by molar-refractivity contribution is 5.21. The van der Waals surface area contributed by atoms with Gasteiger partial charge in [-0.1, -0.05) is 18.7 Å². The Labute approximate surface area is 60.7 Å². The zero-order chi connectivity index (χ0) is 7.98. The van der Waals surface area contributed by atoms with Gasteiger partial charge in [-0.2, -0.15) is 0 Å². The van der Waals surface area contributed by atoms with Crippen molar-refractivity contribution in [1.82, 2.24) is 0 Å². The number of hydrogen-bond acceptors (Lipinski definition) is 1. The summed E-state index contributed by atoms with van der Waals surface area (Å²) in [5.74, 6) is -0.276. The molecular weight excluding hydrogens is 129 g/mol. The summed E-state index contributed by atoms with van der Waals surface area (Å²) in [5.41, 5.74) is 5.74. The number of halogens is 1. The molecule has 0 rings (SSSR count). The van der Waals surface area contributed by atoms with Crippen LogP contribution < -0.4 is 5.73 Å². The minimum atomic E-state index is -0.276. The molecule has 0 aliphatic carbocycles. The van der Waals surface area contributed by atoms with Crippen LogP contribution in [0.15, 0.2) is 36.2 Å². The predicted molar refractivity (Wildman–Crippen MR) is 42.2 cm³/mol. The molecule has 0 atom stereocenters. The lowest BCUT2D eigenvalue weighted by molar-refractivity contribution is 0.651. The van der Waals surface area contributed by atoms with Crippen molar-refractivity contribution in [3.63, 3.8) is 0 Å². The molecule has 0 amide bonds. The molecule has 2 N–H and O–H groups in total. The van der Waals surface area contributed by atoms with E-state index in [9.17, 15) is 4.39 Å². The van der Waals surface area contributed by atoms with E-state index < -0.39 is 0 Å². The molecule has 2 heteroatoms. The summed E-state index contributed by atoms with van der Waals surface area (Å²) in [6.45, 7) is 5.32. The molecule has 0 saturated carbocycles. The van der Waals surface area contributed by atoms with Crippen molar-refractivity contribution in [2.75, 3.05) is 6.54 Å². The summed E-state index contributed by atoms with van der Waals surface area (Å²) < 4.78 is 12.6. The fourth-order valence-electron chi connectivity index (χ4n) is 0.392.